The predicted octanol–water partition coefficient (Wildman–Crippen LogP) is 1.36. The first kappa shape index (κ1) is 12.0. The number of hydrazine groups is 1. The summed E-state index contributed by atoms with van der Waals surface area (Å²) in [5, 5.41) is 5.03. The molecule has 1 rings (SSSR count). The molecule has 0 aromatic heterocycles. The minimum absolute atomic E-state index is 0.0723. The number of nitrogens with zero attached hydrogens (tertiary/aromatic N) is 1. The number of carbonyl (C=O) groups is 1. The molecule has 0 saturated heterocycles. The molecule has 4 heteroatoms. The third kappa shape index (κ3) is 2.31. The van der Waals surface area contributed by atoms with Crippen molar-refractivity contribution in [2.24, 2.45) is 0 Å². The third-order valence-corrected chi connectivity index (χ3v) is 2.81. The summed E-state index contributed by atoms with van der Waals surface area (Å²) in [4.78, 5) is 11.8. The van der Waals surface area contributed by atoms with Gasteiger partial charge in [0.25, 0.3) is 5.91 Å². The van der Waals surface area contributed by atoms with Gasteiger partial charge in [0.2, 0.25) is 0 Å². The predicted molar refractivity (Wildman–Crippen MR) is 60.7 cm³/mol. The lowest BCUT2D eigenvalue weighted by Crippen LogP contribution is -2.56. The van der Waals surface area contributed by atoms with E-state index in [0.717, 1.165) is 30.5 Å². The molecule has 15 heavy (non-hydrogen) atoms. The van der Waals surface area contributed by atoms with Gasteiger partial charge in [0, 0.05) is 18.3 Å². The van der Waals surface area contributed by atoms with Crippen molar-refractivity contribution in [3.8, 4) is 0 Å². The maximum atomic E-state index is 11.8. The zero-order valence-corrected chi connectivity index (χ0v) is 10.1. The largest absolute Gasteiger partial charge is 0.331 e. The van der Waals surface area contributed by atoms with Crippen LogP contribution in [0.15, 0.2) is 11.3 Å². The normalized spacial score (nSPS) is 22.0. The molecule has 1 aliphatic rings. The van der Waals surface area contributed by atoms with E-state index < -0.39 is 0 Å². The Kier molecular flexibility index (Phi) is 4.15. The zero-order chi connectivity index (χ0) is 11.4. The summed E-state index contributed by atoms with van der Waals surface area (Å²) in [7, 11) is 1.88. The Bertz CT molecular complexity index is 273. The molecule has 0 fully saturated rings. The highest BCUT2D eigenvalue weighted by atomic mass is 16.2. The van der Waals surface area contributed by atoms with Crippen LogP contribution < -0.4 is 10.7 Å². The topological polar surface area (TPSA) is 44.4 Å². The van der Waals surface area contributed by atoms with Gasteiger partial charge < -0.3 is 5.32 Å². The summed E-state index contributed by atoms with van der Waals surface area (Å²) in [5.41, 5.74) is 5.07. The highest BCUT2D eigenvalue weighted by Crippen LogP contribution is 2.21. The summed E-state index contributed by atoms with van der Waals surface area (Å²) in [6, 6.07) is 0. The van der Waals surface area contributed by atoms with E-state index in [4.69, 9.17) is 0 Å². The van der Waals surface area contributed by atoms with E-state index in [9.17, 15) is 4.79 Å². The smallest absolute Gasteiger partial charge is 0.250 e. The van der Waals surface area contributed by atoms with Crippen molar-refractivity contribution in [2.45, 2.75) is 46.2 Å². The molecular weight excluding hydrogens is 190 g/mol. The molecule has 0 bridgehead atoms. The number of allylic oxidation sites excluding steroid dienone is 1. The van der Waals surface area contributed by atoms with Crippen molar-refractivity contribution in [3.63, 3.8) is 0 Å². The van der Waals surface area contributed by atoms with Crippen LogP contribution in [-0.4, -0.2) is 24.1 Å². The van der Waals surface area contributed by atoms with Crippen LogP contribution in [0, 0.1) is 0 Å². The highest BCUT2D eigenvalue weighted by Gasteiger charge is 2.28. The van der Waals surface area contributed by atoms with E-state index in [1.165, 1.54) is 0 Å². The number of hydrogen-bond acceptors (Lipinski definition) is 3. The first-order valence-electron chi connectivity index (χ1n) is 5.62. The Balaban J connectivity index is 2.97. The average molecular weight is 211 g/mol. The fraction of sp³-hybridized carbons (Fsp3) is 0.727. The van der Waals surface area contributed by atoms with Crippen LogP contribution >= 0.6 is 0 Å². The zero-order valence-electron chi connectivity index (χ0n) is 10.1. The lowest BCUT2D eigenvalue weighted by Gasteiger charge is -2.38. The Morgan fingerprint density at radius 1 is 1.47 bits per heavy atom. The second kappa shape index (κ2) is 5.16. The Hall–Kier alpha value is -1.03. The Morgan fingerprint density at radius 2 is 2.13 bits per heavy atom. The molecule has 86 valence electrons. The molecule has 0 radical (unpaired) electrons. The van der Waals surface area contributed by atoms with Crippen molar-refractivity contribution in [3.05, 3.63) is 11.3 Å². The van der Waals surface area contributed by atoms with E-state index in [-0.39, 0.29) is 12.1 Å². The third-order valence-electron chi connectivity index (χ3n) is 2.81. The molecule has 1 amide bonds. The molecular formula is C11H21N3O. The van der Waals surface area contributed by atoms with Crippen molar-refractivity contribution in [1.82, 2.24) is 15.8 Å². The van der Waals surface area contributed by atoms with Crippen LogP contribution in [0.2, 0.25) is 0 Å². The van der Waals surface area contributed by atoms with Crippen molar-refractivity contribution < 1.29 is 4.79 Å². The van der Waals surface area contributed by atoms with Gasteiger partial charge in [-0.3, -0.25) is 9.80 Å². The van der Waals surface area contributed by atoms with Crippen LogP contribution in [-0.2, 0) is 4.79 Å². The molecule has 0 saturated carbocycles. The van der Waals surface area contributed by atoms with Gasteiger partial charge in [-0.25, -0.2) is 5.43 Å². The lowest BCUT2D eigenvalue weighted by atomic mass is 10.0. The maximum Gasteiger partial charge on any atom is 0.250 e. The van der Waals surface area contributed by atoms with Crippen LogP contribution in [0.3, 0.4) is 0 Å². The summed E-state index contributed by atoms with van der Waals surface area (Å²) < 4.78 is 0. The van der Waals surface area contributed by atoms with Gasteiger partial charge in [0.1, 0.15) is 6.17 Å². The quantitative estimate of drug-likeness (QED) is 0.738. The second-order valence-electron chi connectivity index (χ2n) is 3.81. The minimum Gasteiger partial charge on any atom is -0.331 e. The van der Waals surface area contributed by atoms with Crippen LogP contribution in [0.4, 0.5) is 0 Å². The first-order valence-corrected chi connectivity index (χ1v) is 5.62. The van der Waals surface area contributed by atoms with Crippen LogP contribution in [0.5, 0.6) is 0 Å². The minimum atomic E-state index is 0.0723. The van der Waals surface area contributed by atoms with Gasteiger partial charge in [-0.1, -0.05) is 20.3 Å². The molecule has 0 spiro atoms. The fourth-order valence-electron chi connectivity index (χ4n) is 2.00. The molecule has 2 N–H and O–H groups in total. The van der Waals surface area contributed by atoms with Crippen LogP contribution in [0.25, 0.3) is 0 Å². The molecule has 0 aliphatic carbocycles. The first-order chi connectivity index (χ1) is 7.15. The van der Waals surface area contributed by atoms with Crippen molar-refractivity contribution >= 4 is 5.91 Å². The fourth-order valence-corrected chi connectivity index (χ4v) is 2.00. The second-order valence-corrected chi connectivity index (χ2v) is 3.81. The number of rotatable bonds is 4. The SMILES string of the molecule is CCCC1=C(C)N(NC)C(CC)NC1=O. The van der Waals surface area contributed by atoms with Gasteiger partial charge in [-0.15, -0.1) is 0 Å². The number of carbonyl (C=O) groups excluding carboxylic acids is 1. The molecule has 0 aromatic rings. The Labute approximate surface area is 91.7 Å². The van der Waals surface area contributed by atoms with E-state index in [0.29, 0.717) is 0 Å². The van der Waals surface area contributed by atoms with E-state index in [1.54, 1.807) is 0 Å². The summed E-state index contributed by atoms with van der Waals surface area (Å²) in [6.45, 7) is 6.15. The monoisotopic (exact) mass is 211 g/mol. The van der Waals surface area contributed by atoms with Crippen molar-refractivity contribution in [2.75, 3.05) is 7.05 Å². The highest BCUT2D eigenvalue weighted by molar-refractivity contribution is 5.95. The van der Waals surface area contributed by atoms with Crippen molar-refractivity contribution in [1.29, 1.82) is 0 Å². The average Bonchev–Trinajstić information content (AvgIpc) is 2.23. The molecule has 4 nitrogen and oxygen atoms in total. The summed E-state index contributed by atoms with van der Waals surface area (Å²) in [5.74, 6) is 0.0905. The lowest BCUT2D eigenvalue weighted by molar-refractivity contribution is -0.121. The van der Waals surface area contributed by atoms with Gasteiger partial charge in [0.15, 0.2) is 0 Å². The standard InChI is InChI=1S/C11H21N3O/c1-5-7-9-8(3)14(12-4)10(6-2)13-11(9)15/h10,12H,5-7H2,1-4H3,(H,13,15). The van der Waals surface area contributed by atoms with Gasteiger partial charge >= 0.3 is 0 Å². The van der Waals surface area contributed by atoms with E-state index >= 15 is 0 Å². The number of nitrogens with one attached hydrogen (secondary N) is 2. The molecule has 1 heterocycles. The van der Waals surface area contributed by atoms with Gasteiger partial charge in [-0.2, -0.15) is 0 Å². The molecule has 0 aromatic carbocycles. The molecule has 1 atom stereocenters. The number of hydrogen-bond donors (Lipinski definition) is 2. The summed E-state index contributed by atoms with van der Waals surface area (Å²) in [6.07, 6.45) is 2.80. The summed E-state index contributed by atoms with van der Waals surface area (Å²) >= 11 is 0. The van der Waals surface area contributed by atoms with E-state index in [2.05, 4.69) is 24.6 Å². The molecule has 1 aliphatic heterocycles. The number of amides is 1. The van der Waals surface area contributed by atoms with E-state index in [1.807, 2.05) is 19.0 Å². The van der Waals surface area contributed by atoms with Gasteiger partial charge in [0.05, 0.1) is 0 Å². The Morgan fingerprint density at radius 3 is 2.60 bits per heavy atom. The van der Waals surface area contributed by atoms with Crippen LogP contribution in [0.1, 0.15) is 40.0 Å². The molecule has 1 unspecified atom stereocenters. The maximum absolute atomic E-state index is 11.8. The van der Waals surface area contributed by atoms with Gasteiger partial charge in [-0.05, 0) is 19.8 Å².